The Hall–Kier alpha value is -2.13. The maximum atomic E-state index is 13.9. The van der Waals surface area contributed by atoms with Crippen LogP contribution in [0, 0.1) is 25.5 Å². The number of hydrogen-bond acceptors (Lipinski definition) is 5. The molecule has 1 saturated heterocycles. The molecule has 0 N–H and O–H groups in total. The highest BCUT2D eigenvalue weighted by Crippen LogP contribution is 2.25. The van der Waals surface area contributed by atoms with E-state index in [9.17, 15) is 17.2 Å². The van der Waals surface area contributed by atoms with Crippen LogP contribution >= 0.6 is 0 Å². The number of piperidine rings is 1. The molecule has 2 heterocycles. The minimum Gasteiger partial charge on any atom is -0.473 e. The number of aromatic nitrogens is 2. The number of aryl methyl sites for hydroxylation is 2. The number of sulfonamides is 1. The summed E-state index contributed by atoms with van der Waals surface area (Å²) in [5.41, 5.74) is 0.745. The van der Waals surface area contributed by atoms with Crippen LogP contribution < -0.4 is 4.74 Å². The summed E-state index contributed by atoms with van der Waals surface area (Å²) in [6.45, 7) is 3.82. The van der Waals surface area contributed by atoms with Crippen LogP contribution in [0.25, 0.3) is 0 Å². The molecule has 0 spiro atoms. The molecule has 0 bridgehead atoms. The second-order valence-corrected chi connectivity index (χ2v) is 8.12. The van der Waals surface area contributed by atoms with Crippen LogP contribution in [0.4, 0.5) is 8.78 Å². The van der Waals surface area contributed by atoms with Crippen LogP contribution in [0.2, 0.25) is 0 Å². The summed E-state index contributed by atoms with van der Waals surface area (Å²) in [4.78, 5) is 7.69. The van der Waals surface area contributed by atoms with Gasteiger partial charge in [0, 0.05) is 18.3 Å². The molecule has 26 heavy (non-hydrogen) atoms. The van der Waals surface area contributed by atoms with Crippen LogP contribution in [-0.4, -0.2) is 41.9 Å². The lowest BCUT2D eigenvalue weighted by molar-refractivity contribution is 0.124. The Bertz CT molecular complexity index is 901. The summed E-state index contributed by atoms with van der Waals surface area (Å²) in [5, 5.41) is 0. The Balaban J connectivity index is 1.80. The lowest BCUT2D eigenvalue weighted by Crippen LogP contribution is -2.44. The summed E-state index contributed by atoms with van der Waals surface area (Å²) < 4.78 is 59.7. The van der Waals surface area contributed by atoms with E-state index in [4.69, 9.17) is 4.74 Å². The highest BCUT2D eigenvalue weighted by Gasteiger charge is 2.33. The van der Waals surface area contributed by atoms with E-state index in [-0.39, 0.29) is 13.1 Å². The molecule has 0 radical (unpaired) electrons. The van der Waals surface area contributed by atoms with Gasteiger partial charge in [-0.2, -0.15) is 9.29 Å². The molecule has 1 aromatic heterocycles. The van der Waals surface area contributed by atoms with Crippen molar-refractivity contribution in [2.75, 3.05) is 13.1 Å². The molecule has 1 aliphatic heterocycles. The van der Waals surface area contributed by atoms with E-state index in [0.717, 1.165) is 22.1 Å². The highest BCUT2D eigenvalue weighted by molar-refractivity contribution is 7.89. The fraction of sp³-hybridized carbons (Fsp3) is 0.412. The van der Waals surface area contributed by atoms with Crippen molar-refractivity contribution in [2.24, 2.45) is 0 Å². The van der Waals surface area contributed by atoms with Crippen LogP contribution in [0.5, 0.6) is 5.88 Å². The minimum atomic E-state index is -4.15. The largest absolute Gasteiger partial charge is 0.473 e. The number of benzene rings is 1. The van der Waals surface area contributed by atoms with E-state index >= 15 is 0 Å². The van der Waals surface area contributed by atoms with Gasteiger partial charge in [0.05, 0.1) is 6.54 Å². The van der Waals surface area contributed by atoms with Gasteiger partial charge in [-0.25, -0.2) is 22.2 Å². The van der Waals surface area contributed by atoms with Crippen LogP contribution in [0.3, 0.4) is 0 Å². The number of ether oxygens (including phenoxy) is 1. The number of rotatable bonds is 4. The predicted molar refractivity (Wildman–Crippen MR) is 90.3 cm³/mol. The average molecular weight is 383 g/mol. The second-order valence-electron chi connectivity index (χ2n) is 6.21. The van der Waals surface area contributed by atoms with Gasteiger partial charge in [-0.3, -0.25) is 0 Å². The first kappa shape index (κ1) is 18.7. The van der Waals surface area contributed by atoms with Gasteiger partial charge in [-0.15, -0.1) is 0 Å². The first-order chi connectivity index (χ1) is 12.3. The van der Waals surface area contributed by atoms with Gasteiger partial charge in [0.1, 0.15) is 28.5 Å². The summed E-state index contributed by atoms with van der Waals surface area (Å²) in [6.07, 6.45) is 0.757. The fourth-order valence-corrected chi connectivity index (χ4v) is 4.53. The molecule has 9 heteroatoms. The van der Waals surface area contributed by atoms with Crippen molar-refractivity contribution < 1.29 is 21.9 Å². The summed E-state index contributed by atoms with van der Waals surface area (Å²) in [7, 11) is -4.15. The molecule has 1 aliphatic rings. The zero-order valence-corrected chi connectivity index (χ0v) is 15.3. The van der Waals surface area contributed by atoms with E-state index in [2.05, 4.69) is 9.97 Å². The molecule has 1 fully saturated rings. The van der Waals surface area contributed by atoms with Crippen LogP contribution in [0.1, 0.15) is 24.4 Å². The Kier molecular flexibility index (Phi) is 5.19. The van der Waals surface area contributed by atoms with Crippen molar-refractivity contribution in [1.82, 2.24) is 14.3 Å². The minimum absolute atomic E-state index is 0.0420. The molecule has 1 aromatic carbocycles. The van der Waals surface area contributed by atoms with Gasteiger partial charge in [0.15, 0.2) is 0 Å². The van der Waals surface area contributed by atoms with Crippen molar-refractivity contribution in [3.05, 3.63) is 47.4 Å². The summed E-state index contributed by atoms with van der Waals surface area (Å²) in [6, 6.07) is 4.07. The molecule has 2 aromatic rings. The zero-order valence-electron chi connectivity index (χ0n) is 14.4. The Labute approximate surface area is 150 Å². The lowest BCUT2D eigenvalue weighted by Gasteiger charge is -2.32. The molecule has 140 valence electrons. The van der Waals surface area contributed by atoms with Gasteiger partial charge in [0.2, 0.25) is 15.9 Å². The maximum Gasteiger partial charge on any atom is 0.246 e. The van der Waals surface area contributed by atoms with Crippen molar-refractivity contribution >= 4 is 10.0 Å². The van der Waals surface area contributed by atoms with Gasteiger partial charge < -0.3 is 4.74 Å². The second kappa shape index (κ2) is 7.24. The third-order valence-corrected chi connectivity index (χ3v) is 5.96. The first-order valence-electron chi connectivity index (χ1n) is 8.20. The molecule has 6 nitrogen and oxygen atoms in total. The molecule has 0 amide bonds. The third kappa shape index (κ3) is 3.99. The third-order valence-electron chi connectivity index (χ3n) is 4.08. The Morgan fingerprint density at radius 1 is 1.19 bits per heavy atom. The smallest absolute Gasteiger partial charge is 0.246 e. The van der Waals surface area contributed by atoms with Crippen LogP contribution in [-0.2, 0) is 10.0 Å². The van der Waals surface area contributed by atoms with E-state index in [1.807, 2.05) is 6.92 Å². The zero-order chi connectivity index (χ0) is 18.9. The Morgan fingerprint density at radius 2 is 1.96 bits per heavy atom. The number of halogens is 2. The topological polar surface area (TPSA) is 72.4 Å². The van der Waals surface area contributed by atoms with Gasteiger partial charge in [0.25, 0.3) is 0 Å². The predicted octanol–water partition coefficient (Wildman–Crippen LogP) is 2.60. The van der Waals surface area contributed by atoms with Gasteiger partial charge >= 0.3 is 0 Å². The highest BCUT2D eigenvalue weighted by atomic mass is 32.2. The first-order valence-corrected chi connectivity index (χ1v) is 9.64. The molecule has 3 rings (SSSR count). The van der Waals surface area contributed by atoms with Crippen molar-refractivity contribution in [1.29, 1.82) is 0 Å². The van der Waals surface area contributed by atoms with Crippen LogP contribution in [0.15, 0.2) is 29.2 Å². The molecule has 0 unspecified atom stereocenters. The standard InChI is InChI=1S/C17H19F2N3O3S/c1-11-8-17(21-12(2)20-11)25-14-4-3-7-22(10-14)26(23,24)16-9-13(18)5-6-15(16)19/h5-6,8-9,14H,3-4,7,10H2,1-2H3/t14-/m0/s1. The number of nitrogens with zero attached hydrogens (tertiary/aromatic N) is 3. The maximum absolute atomic E-state index is 13.9. The Morgan fingerprint density at radius 3 is 2.69 bits per heavy atom. The summed E-state index contributed by atoms with van der Waals surface area (Å²) >= 11 is 0. The van der Waals surface area contributed by atoms with E-state index in [1.54, 1.807) is 13.0 Å². The summed E-state index contributed by atoms with van der Waals surface area (Å²) in [5.74, 6) is -0.850. The molecule has 0 saturated carbocycles. The van der Waals surface area contributed by atoms with E-state index < -0.39 is 32.7 Å². The van der Waals surface area contributed by atoms with E-state index in [1.165, 1.54) is 0 Å². The monoisotopic (exact) mass is 383 g/mol. The van der Waals surface area contributed by atoms with Gasteiger partial charge in [-0.1, -0.05) is 0 Å². The van der Waals surface area contributed by atoms with Gasteiger partial charge in [-0.05, 0) is 44.9 Å². The molecular formula is C17H19F2N3O3S. The fourth-order valence-electron chi connectivity index (χ4n) is 2.95. The molecule has 1 atom stereocenters. The van der Waals surface area contributed by atoms with Crippen molar-refractivity contribution in [2.45, 2.75) is 37.7 Å². The SMILES string of the molecule is Cc1cc(O[C@H]2CCCN(S(=O)(=O)c3cc(F)ccc3F)C2)nc(C)n1. The normalized spacial score (nSPS) is 18.7. The van der Waals surface area contributed by atoms with Crippen molar-refractivity contribution in [3.8, 4) is 5.88 Å². The molecule has 0 aliphatic carbocycles. The molecular weight excluding hydrogens is 364 g/mol. The van der Waals surface area contributed by atoms with Crippen molar-refractivity contribution in [3.63, 3.8) is 0 Å². The quantitative estimate of drug-likeness (QED) is 0.812. The average Bonchev–Trinajstić information content (AvgIpc) is 2.56. The lowest BCUT2D eigenvalue weighted by atomic mass is 10.1. The number of hydrogen-bond donors (Lipinski definition) is 0. The van der Waals surface area contributed by atoms with E-state index in [0.29, 0.717) is 30.6 Å².